The second kappa shape index (κ2) is 5.46. The van der Waals surface area contributed by atoms with Crippen LogP contribution in [0.25, 0.3) is 10.9 Å². The second-order valence-corrected chi connectivity index (χ2v) is 4.82. The molecule has 2 heterocycles. The minimum Gasteiger partial charge on any atom is -0.494 e. The van der Waals surface area contributed by atoms with Gasteiger partial charge in [0.1, 0.15) is 23.2 Å². The molecule has 3 rings (SSSR count). The van der Waals surface area contributed by atoms with Crippen molar-refractivity contribution >= 4 is 22.4 Å². The lowest BCUT2D eigenvalue weighted by Gasteiger charge is -2.30. The van der Waals surface area contributed by atoms with Crippen LogP contribution in [0.15, 0.2) is 18.2 Å². The summed E-state index contributed by atoms with van der Waals surface area (Å²) in [4.78, 5) is 6.57. The van der Waals surface area contributed by atoms with E-state index in [4.69, 9.17) is 15.2 Å². The Kier molecular flexibility index (Phi) is 3.50. The normalized spacial score (nSPS) is 15.0. The number of ether oxygens (including phenoxy) is 2. The molecule has 1 aromatic heterocycles. The van der Waals surface area contributed by atoms with Crippen molar-refractivity contribution in [3.8, 4) is 11.8 Å². The molecular formula is C15H16N4O2. The van der Waals surface area contributed by atoms with Crippen molar-refractivity contribution in [1.29, 1.82) is 5.26 Å². The van der Waals surface area contributed by atoms with E-state index < -0.39 is 0 Å². The van der Waals surface area contributed by atoms with E-state index in [9.17, 15) is 5.26 Å². The van der Waals surface area contributed by atoms with E-state index in [1.165, 1.54) is 0 Å². The average Bonchev–Trinajstić information content (AvgIpc) is 2.54. The molecule has 1 aliphatic heterocycles. The second-order valence-electron chi connectivity index (χ2n) is 4.82. The number of morpholine rings is 1. The highest BCUT2D eigenvalue weighted by Gasteiger charge is 2.17. The third kappa shape index (κ3) is 2.32. The van der Waals surface area contributed by atoms with Crippen LogP contribution in [0.1, 0.15) is 5.56 Å². The summed E-state index contributed by atoms with van der Waals surface area (Å²) in [7, 11) is 1.60. The first-order valence-electron chi connectivity index (χ1n) is 6.74. The summed E-state index contributed by atoms with van der Waals surface area (Å²) in [5.74, 6) is 0.876. The topological polar surface area (TPSA) is 84.4 Å². The zero-order chi connectivity index (χ0) is 14.8. The van der Waals surface area contributed by atoms with Crippen molar-refractivity contribution in [3.05, 3.63) is 23.8 Å². The predicted octanol–water partition coefficient (Wildman–Crippen LogP) is 1.53. The molecule has 0 unspecified atom stereocenters. The molecule has 0 saturated carbocycles. The maximum Gasteiger partial charge on any atom is 0.145 e. The summed E-state index contributed by atoms with van der Waals surface area (Å²) in [6, 6.07) is 7.74. The van der Waals surface area contributed by atoms with Gasteiger partial charge in [0.25, 0.3) is 0 Å². The Hall–Kier alpha value is -2.52. The SMILES string of the molecule is COc1ccc(N2CCOCC2)c2cc(C#N)c(N)nc12. The van der Waals surface area contributed by atoms with Gasteiger partial charge >= 0.3 is 0 Å². The van der Waals surface area contributed by atoms with E-state index in [-0.39, 0.29) is 5.82 Å². The number of rotatable bonds is 2. The highest BCUT2D eigenvalue weighted by Crippen LogP contribution is 2.34. The van der Waals surface area contributed by atoms with Crippen LogP contribution in [-0.2, 0) is 4.74 Å². The van der Waals surface area contributed by atoms with Gasteiger partial charge in [0.15, 0.2) is 0 Å². The van der Waals surface area contributed by atoms with Crippen molar-refractivity contribution in [3.63, 3.8) is 0 Å². The first-order valence-corrected chi connectivity index (χ1v) is 6.74. The molecule has 0 bridgehead atoms. The highest BCUT2D eigenvalue weighted by molar-refractivity contribution is 5.97. The maximum atomic E-state index is 9.17. The largest absolute Gasteiger partial charge is 0.494 e. The number of fused-ring (bicyclic) bond motifs is 1. The summed E-state index contributed by atoms with van der Waals surface area (Å²) < 4.78 is 10.7. The van der Waals surface area contributed by atoms with Crippen LogP contribution in [0.2, 0.25) is 0 Å². The monoisotopic (exact) mass is 284 g/mol. The molecule has 2 aromatic rings. The Morgan fingerprint density at radius 2 is 2.14 bits per heavy atom. The molecule has 0 spiro atoms. The van der Waals surface area contributed by atoms with Crippen LogP contribution < -0.4 is 15.4 Å². The molecule has 6 nitrogen and oxygen atoms in total. The highest BCUT2D eigenvalue weighted by atomic mass is 16.5. The molecule has 0 radical (unpaired) electrons. The van der Waals surface area contributed by atoms with Crippen LogP contribution >= 0.6 is 0 Å². The number of hydrogen-bond donors (Lipinski definition) is 1. The van der Waals surface area contributed by atoms with E-state index in [0.29, 0.717) is 30.0 Å². The molecule has 1 saturated heterocycles. The van der Waals surface area contributed by atoms with Crippen molar-refractivity contribution in [2.75, 3.05) is 44.0 Å². The van der Waals surface area contributed by atoms with Gasteiger partial charge in [-0.05, 0) is 18.2 Å². The van der Waals surface area contributed by atoms with Gasteiger partial charge in [-0.3, -0.25) is 0 Å². The van der Waals surface area contributed by atoms with Gasteiger partial charge in [-0.15, -0.1) is 0 Å². The van der Waals surface area contributed by atoms with Crippen molar-refractivity contribution in [2.45, 2.75) is 0 Å². The zero-order valence-electron chi connectivity index (χ0n) is 11.8. The number of nitriles is 1. The lowest BCUT2D eigenvalue weighted by atomic mass is 10.1. The molecule has 108 valence electrons. The number of anilines is 2. The van der Waals surface area contributed by atoms with Crippen molar-refractivity contribution in [2.24, 2.45) is 0 Å². The summed E-state index contributed by atoms with van der Waals surface area (Å²) in [6.07, 6.45) is 0. The molecular weight excluding hydrogens is 268 g/mol. The fraction of sp³-hybridized carbons (Fsp3) is 0.333. The first kappa shape index (κ1) is 13.5. The minimum absolute atomic E-state index is 0.224. The van der Waals surface area contributed by atoms with E-state index in [1.807, 2.05) is 12.1 Å². The Labute approximate surface area is 122 Å². The summed E-state index contributed by atoms with van der Waals surface area (Å²) in [5, 5.41) is 10.0. The number of aromatic nitrogens is 1. The molecule has 6 heteroatoms. The maximum absolute atomic E-state index is 9.17. The minimum atomic E-state index is 0.224. The average molecular weight is 284 g/mol. The standard InChI is InChI=1S/C15H16N4O2/c1-20-13-3-2-12(19-4-6-21-7-5-19)11-8-10(9-16)15(17)18-14(11)13/h2-3,8H,4-7H2,1H3,(H2,17,18). The number of benzene rings is 1. The van der Waals surface area contributed by atoms with Gasteiger partial charge in [0.2, 0.25) is 0 Å². The van der Waals surface area contributed by atoms with Crippen molar-refractivity contribution in [1.82, 2.24) is 4.98 Å². The van der Waals surface area contributed by atoms with Gasteiger partial charge in [-0.2, -0.15) is 5.26 Å². The van der Waals surface area contributed by atoms with E-state index in [0.717, 1.165) is 24.2 Å². The van der Waals surface area contributed by atoms with Gasteiger partial charge < -0.3 is 20.1 Å². The molecule has 21 heavy (non-hydrogen) atoms. The Balaban J connectivity index is 2.23. The van der Waals surface area contributed by atoms with Gasteiger partial charge in [-0.1, -0.05) is 0 Å². The molecule has 0 aliphatic carbocycles. The lowest BCUT2D eigenvalue weighted by Crippen LogP contribution is -2.36. The van der Waals surface area contributed by atoms with E-state index in [1.54, 1.807) is 13.2 Å². The van der Waals surface area contributed by atoms with Crippen LogP contribution in [-0.4, -0.2) is 38.4 Å². The van der Waals surface area contributed by atoms with Crippen molar-refractivity contribution < 1.29 is 9.47 Å². The van der Waals surface area contributed by atoms with Crippen LogP contribution in [0.5, 0.6) is 5.75 Å². The number of pyridine rings is 1. The molecule has 1 aliphatic rings. The summed E-state index contributed by atoms with van der Waals surface area (Å²) in [5.41, 5.74) is 7.91. The molecule has 0 amide bonds. The Bertz CT molecular complexity index is 718. The van der Waals surface area contributed by atoms with E-state index in [2.05, 4.69) is 16.0 Å². The van der Waals surface area contributed by atoms with Crippen LogP contribution in [0.4, 0.5) is 11.5 Å². The fourth-order valence-electron chi connectivity index (χ4n) is 2.57. The molecule has 0 atom stereocenters. The number of hydrogen-bond acceptors (Lipinski definition) is 6. The number of nitrogens with two attached hydrogens (primary N) is 1. The smallest absolute Gasteiger partial charge is 0.145 e. The fourth-order valence-corrected chi connectivity index (χ4v) is 2.57. The van der Waals surface area contributed by atoms with E-state index >= 15 is 0 Å². The first-order chi connectivity index (χ1) is 10.2. The molecule has 2 N–H and O–H groups in total. The van der Waals surface area contributed by atoms with Gasteiger partial charge in [0, 0.05) is 24.2 Å². The van der Waals surface area contributed by atoms with Crippen LogP contribution in [0.3, 0.4) is 0 Å². The number of methoxy groups -OCH3 is 1. The van der Waals surface area contributed by atoms with Gasteiger partial charge in [-0.25, -0.2) is 4.98 Å². The summed E-state index contributed by atoms with van der Waals surface area (Å²) in [6.45, 7) is 3.02. The molecule has 1 fully saturated rings. The number of nitrogen functional groups attached to an aromatic ring is 1. The third-order valence-electron chi connectivity index (χ3n) is 3.65. The zero-order valence-corrected chi connectivity index (χ0v) is 11.8. The predicted molar refractivity (Wildman–Crippen MR) is 80.5 cm³/mol. The van der Waals surface area contributed by atoms with Gasteiger partial charge in [0.05, 0.1) is 25.9 Å². The Morgan fingerprint density at radius 3 is 2.81 bits per heavy atom. The Morgan fingerprint density at radius 1 is 1.38 bits per heavy atom. The third-order valence-corrected chi connectivity index (χ3v) is 3.65. The quantitative estimate of drug-likeness (QED) is 0.900. The van der Waals surface area contributed by atoms with Crippen LogP contribution in [0, 0.1) is 11.3 Å². The molecule has 1 aromatic carbocycles. The summed E-state index contributed by atoms with van der Waals surface area (Å²) >= 11 is 0. The lowest BCUT2D eigenvalue weighted by molar-refractivity contribution is 0.123. The number of nitrogens with zero attached hydrogens (tertiary/aromatic N) is 3.